The average Bonchev–Trinajstić information content (AvgIpc) is 4.19. The first-order valence-electron chi connectivity index (χ1n) is 25.6. The fraction of sp³-hybridized carbons (Fsp3) is 0.481. The molecule has 0 unspecified atom stereocenters. The van der Waals surface area contributed by atoms with E-state index in [9.17, 15) is 33.9 Å². The van der Waals surface area contributed by atoms with Gasteiger partial charge in [0.1, 0.15) is 5.84 Å². The van der Waals surface area contributed by atoms with E-state index < -0.39 is 17.2 Å². The quantitative estimate of drug-likeness (QED) is 0.0533. The van der Waals surface area contributed by atoms with E-state index in [-0.39, 0.29) is 56.2 Å². The average molecular weight is 1040 g/mol. The Morgan fingerprint density at radius 2 is 1.43 bits per heavy atom. The smallest absolute Gasteiger partial charge is 0.258 e. The van der Waals surface area contributed by atoms with Gasteiger partial charge in [-0.1, -0.05) is 19.1 Å². The summed E-state index contributed by atoms with van der Waals surface area (Å²) in [5.41, 5.74) is 11.3. The monoisotopic (exact) mass is 1040 g/mol. The first-order chi connectivity index (χ1) is 36.5. The Kier molecular flexibility index (Phi) is 21.1. The summed E-state index contributed by atoms with van der Waals surface area (Å²) in [4.78, 5) is 90.1. The third-order valence-corrected chi connectivity index (χ3v) is 12.9. The maximum absolute atomic E-state index is 13.9. The summed E-state index contributed by atoms with van der Waals surface area (Å²) < 4.78 is 33.3. The van der Waals surface area contributed by atoms with Crippen LogP contribution in [0.4, 0.5) is 17.1 Å². The molecule has 0 spiro atoms. The predicted molar refractivity (Wildman–Crippen MR) is 277 cm³/mol. The number of pyridine rings is 1. The van der Waals surface area contributed by atoms with E-state index in [0.29, 0.717) is 152 Å². The van der Waals surface area contributed by atoms with Crippen LogP contribution in [0.2, 0.25) is 0 Å². The molecule has 1 aromatic heterocycles. The van der Waals surface area contributed by atoms with Crippen LogP contribution in [-0.2, 0) is 70.8 Å². The molecule has 1 saturated carbocycles. The zero-order valence-corrected chi connectivity index (χ0v) is 42.6. The molecular formula is C54H68N8O13. The molecule has 0 radical (unpaired) electrons. The number of carbonyl (C=O) groups excluding carboxylic acids is 6. The molecule has 21 nitrogen and oxygen atoms in total. The largest absolute Gasteiger partial charge is 0.395 e. The molecule has 2 aromatic carbocycles. The van der Waals surface area contributed by atoms with Gasteiger partial charge in [-0.15, -0.1) is 0 Å². The number of ether oxygens (including phenoxy) is 6. The first kappa shape index (κ1) is 56.0. The highest BCUT2D eigenvalue weighted by molar-refractivity contribution is 6.28. The van der Waals surface area contributed by atoms with Crippen LogP contribution in [0.15, 0.2) is 77.4 Å². The summed E-state index contributed by atoms with van der Waals surface area (Å²) in [7, 11) is 0. The van der Waals surface area contributed by atoms with Crippen LogP contribution < -0.4 is 21.3 Å². The molecule has 3 aromatic rings. The lowest BCUT2D eigenvalue weighted by molar-refractivity contribution is -0.133. The van der Waals surface area contributed by atoms with Gasteiger partial charge in [-0.25, -0.2) is 9.89 Å². The van der Waals surface area contributed by atoms with Crippen LogP contribution in [0.1, 0.15) is 71.8 Å². The van der Waals surface area contributed by atoms with Gasteiger partial charge in [0.25, 0.3) is 17.7 Å². The SMILES string of the molecule is CCCN(CCO)C(=O)C1=Cc2ccc(C3(C(=O)Nc4cnc5c(c4)CN(C(=O)CCOCCOCCOCCOCCOCCOCCNC(=O)c4ccc(N6C(=O)C=CC6=O)cc4)CC5)CC3)cc2N=C(N)C1. The minimum atomic E-state index is -0.743. The number of aromatic nitrogens is 1. The van der Waals surface area contributed by atoms with Crippen LogP contribution in [0.25, 0.3) is 6.08 Å². The Morgan fingerprint density at radius 1 is 0.800 bits per heavy atom. The fourth-order valence-corrected chi connectivity index (χ4v) is 8.74. The van der Waals surface area contributed by atoms with E-state index in [1.807, 2.05) is 31.2 Å². The molecule has 4 heterocycles. The fourth-order valence-electron chi connectivity index (χ4n) is 8.74. The number of benzene rings is 2. The maximum Gasteiger partial charge on any atom is 0.258 e. The van der Waals surface area contributed by atoms with Crippen LogP contribution >= 0.6 is 0 Å². The van der Waals surface area contributed by atoms with Gasteiger partial charge in [-0.05, 0) is 72.9 Å². The molecule has 7 rings (SSSR count). The number of imide groups is 1. The number of anilines is 2. The third-order valence-electron chi connectivity index (χ3n) is 12.9. The summed E-state index contributed by atoms with van der Waals surface area (Å²) in [6.45, 7) is 8.26. The number of aliphatic hydroxyl groups is 1. The Balaban J connectivity index is 0.687. The van der Waals surface area contributed by atoms with Crippen molar-refractivity contribution < 1.29 is 62.3 Å². The highest BCUT2D eigenvalue weighted by atomic mass is 16.6. The van der Waals surface area contributed by atoms with Gasteiger partial charge in [0.2, 0.25) is 17.7 Å². The molecule has 3 aliphatic heterocycles. The molecule has 402 valence electrons. The summed E-state index contributed by atoms with van der Waals surface area (Å²) in [5, 5.41) is 15.3. The van der Waals surface area contributed by atoms with Gasteiger partial charge >= 0.3 is 0 Å². The van der Waals surface area contributed by atoms with E-state index in [4.69, 9.17) is 34.2 Å². The van der Waals surface area contributed by atoms with Crippen molar-refractivity contribution in [3.05, 3.63) is 100 Å². The second-order valence-corrected chi connectivity index (χ2v) is 18.2. The second kappa shape index (κ2) is 28.3. The van der Waals surface area contributed by atoms with Crippen molar-refractivity contribution in [3.8, 4) is 0 Å². The van der Waals surface area contributed by atoms with Crippen LogP contribution in [0, 0.1) is 0 Å². The molecule has 21 heteroatoms. The first-order valence-corrected chi connectivity index (χ1v) is 25.6. The van der Waals surface area contributed by atoms with E-state index in [0.717, 1.165) is 33.7 Å². The number of aliphatic imine (C=N–C) groups is 1. The third kappa shape index (κ3) is 15.9. The number of fused-ring (bicyclic) bond motifs is 2. The van der Waals surface area contributed by atoms with Gasteiger partial charge in [0.05, 0.1) is 121 Å². The molecule has 0 saturated heterocycles. The lowest BCUT2D eigenvalue weighted by Gasteiger charge is -2.29. The topological polar surface area (TPSA) is 263 Å². The lowest BCUT2D eigenvalue weighted by atomic mass is 9.92. The van der Waals surface area contributed by atoms with Gasteiger partial charge in [-0.3, -0.25) is 33.8 Å². The molecule has 0 atom stereocenters. The van der Waals surface area contributed by atoms with E-state index >= 15 is 0 Å². The Hall–Kier alpha value is -6.72. The molecule has 75 heavy (non-hydrogen) atoms. The summed E-state index contributed by atoms with van der Waals surface area (Å²) in [5.74, 6) is -1.20. The van der Waals surface area contributed by atoms with Crippen molar-refractivity contribution >= 4 is 64.4 Å². The predicted octanol–water partition coefficient (Wildman–Crippen LogP) is 2.99. The van der Waals surface area contributed by atoms with Crippen LogP contribution in [0.5, 0.6) is 0 Å². The highest BCUT2D eigenvalue weighted by Gasteiger charge is 2.51. The minimum absolute atomic E-state index is 0.0278. The molecule has 0 bridgehead atoms. The molecular weight excluding hydrogens is 969 g/mol. The summed E-state index contributed by atoms with van der Waals surface area (Å²) >= 11 is 0. The van der Waals surface area contributed by atoms with Gasteiger partial charge in [0, 0.05) is 80.1 Å². The van der Waals surface area contributed by atoms with Gasteiger partial charge in [-0.2, -0.15) is 0 Å². The van der Waals surface area contributed by atoms with Gasteiger partial charge < -0.3 is 59.7 Å². The number of amides is 6. The molecule has 5 N–H and O–H groups in total. The number of nitrogens with one attached hydrogen (secondary N) is 2. The van der Waals surface area contributed by atoms with Gasteiger partial charge in [0.15, 0.2) is 0 Å². The lowest BCUT2D eigenvalue weighted by Crippen LogP contribution is -2.37. The Labute approximate surface area is 436 Å². The van der Waals surface area contributed by atoms with Crippen molar-refractivity contribution in [3.63, 3.8) is 0 Å². The Morgan fingerprint density at radius 3 is 2.04 bits per heavy atom. The maximum atomic E-state index is 13.9. The standard InChI is InChI=1S/C54H68N8O13/c1-2-16-60(18-19-63)52(68)40-32-39-3-6-42(35-46(39)59-47(55)34-40)54(13-14-54)53(69)58-43-33-41-37-61(17-11-45(41)57-36-43)48(64)12-20-70-22-24-72-26-28-74-30-31-75-29-27-73-25-23-71-21-15-56-51(67)38-4-7-44(8-5-38)62-49(65)9-10-50(62)66/h3-10,32-33,35-36,63H,2,11-31,34,37H2,1H3,(H2,55,59)(H,56,67)(H,58,69). The van der Waals surface area contributed by atoms with Crippen molar-refractivity contribution in [1.82, 2.24) is 20.1 Å². The summed E-state index contributed by atoms with van der Waals surface area (Å²) in [6, 6.07) is 13.8. The van der Waals surface area contributed by atoms with Crippen molar-refractivity contribution in [1.29, 1.82) is 0 Å². The highest BCUT2D eigenvalue weighted by Crippen LogP contribution is 2.50. The van der Waals surface area contributed by atoms with Crippen LogP contribution in [0.3, 0.4) is 0 Å². The number of amidine groups is 1. The van der Waals surface area contributed by atoms with Crippen LogP contribution in [-0.4, -0.2) is 173 Å². The number of hydrogen-bond donors (Lipinski definition) is 4. The van der Waals surface area contributed by atoms with E-state index in [1.165, 1.54) is 12.2 Å². The van der Waals surface area contributed by atoms with Crippen molar-refractivity contribution in [2.24, 2.45) is 10.7 Å². The molecule has 1 aliphatic carbocycles. The van der Waals surface area contributed by atoms with Crippen molar-refractivity contribution in [2.75, 3.05) is 122 Å². The zero-order valence-electron chi connectivity index (χ0n) is 42.6. The molecule has 4 aliphatic rings. The number of aliphatic hydroxyl groups excluding tert-OH is 1. The van der Waals surface area contributed by atoms with Crippen molar-refractivity contribution in [2.45, 2.75) is 57.4 Å². The number of rotatable bonds is 31. The van der Waals surface area contributed by atoms with E-state index in [1.54, 1.807) is 46.3 Å². The molecule has 1 fully saturated rings. The molecule has 6 amide bonds. The zero-order chi connectivity index (χ0) is 53.0. The minimum Gasteiger partial charge on any atom is -0.395 e. The number of hydrogen-bond acceptors (Lipinski definition) is 16. The number of nitrogens with two attached hydrogens (primary N) is 1. The normalized spacial score (nSPS) is 15.4. The van der Waals surface area contributed by atoms with E-state index in [2.05, 4.69) is 20.6 Å². The summed E-state index contributed by atoms with van der Waals surface area (Å²) in [6.07, 6.45) is 8.97. The second-order valence-electron chi connectivity index (χ2n) is 18.2. The number of carbonyl (C=O) groups is 6. The number of nitrogens with zero attached hydrogens (tertiary/aromatic N) is 5. The Bertz CT molecular complexity index is 2560.